The summed E-state index contributed by atoms with van der Waals surface area (Å²) < 4.78 is 4.40. The van der Waals surface area contributed by atoms with Crippen LogP contribution >= 0.6 is 0 Å². The largest absolute Gasteiger partial charge is 0.466 e. The zero-order valence-corrected chi connectivity index (χ0v) is 9.51. The second-order valence-electron chi connectivity index (χ2n) is 3.12. The van der Waals surface area contributed by atoms with E-state index >= 15 is 0 Å². The second-order valence-corrected chi connectivity index (χ2v) is 3.12. The number of nitrogens with zero attached hydrogens (tertiary/aromatic N) is 1. The molecule has 0 unspecified atom stereocenters. The van der Waals surface area contributed by atoms with Gasteiger partial charge in [0.05, 0.1) is 12.1 Å². The van der Waals surface area contributed by atoms with Crippen LogP contribution in [0.4, 0.5) is 0 Å². The summed E-state index contributed by atoms with van der Waals surface area (Å²) in [6.45, 7) is 3.65. The Balaban J connectivity index is 0.000000187. The SMILES string of the molecule is CCOC(C)=O.c1ccc2ncccc2c1. The first-order valence-electron chi connectivity index (χ1n) is 5.17. The molecule has 0 bridgehead atoms. The summed E-state index contributed by atoms with van der Waals surface area (Å²) in [6, 6.07) is 12.1. The van der Waals surface area contributed by atoms with E-state index in [1.165, 1.54) is 12.3 Å². The number of carbonyl (C=O) groups is 1. The van der Waals surface area contributed by atoms with Crippen molar-refractivity contribution in [1.29, 1.82) is 0 Å². The van der Waals surface area contributed by atoms with Crippen LogP contribution in [0.5, 0.6) is 0 Å². The van der Waals surface area contributed by atoms with E-state index in [1.807, 2.05) is 30.5 Å². The molecule has 1 heterocycles. The van der Waals surface area contributed by atoms with E-state index in [9.17, 15) is 4.79 Å². The van der Waals surface area contributed by atoms with E-state index in [2.05, 4.69) is 21.9 Å². The molecule has 0 aliphatic heterocycles. The lowest BCUT2D eigenvalue weighted by Crippen LogP contribution is -1.95. The number of hydrogen-bond acceptors (Lipinski definition) is 3. The van der Waals surface area contributed by atoms with Crippen LogP contribution in [0.15, 0.2) is 42.6 Å². The Bertz CT molecular complexity index is 389. The van der Waals surface area contributed by atoms with Crippen molar-refractivity contribution >= 4 is 16.9 Å². The van der Waals surface area contributed by atoms with Gasteiger partial charge in [0.2, 0.25) is 0 Å². The maximum Gasteiger partial charge on any atom is 0.302 e. The van der Waals surface area contributed by atoms with E-state index < -0.39 is 0 Å². The summed E-state index contributed by atoms with van der Waals surface area (Å²) in [6.07, 6.45) is 1.81. The third-order valence-electron chi connectivity index (χ3n) is 1.86. The smallest absolute Gasteiger partial charge is 0.302 e. The monoisotopic (exact) mass is 217 g/mol. The minimum atomic E-state index is -0.211. The minimum Gasteiger partial charge on any atom is -0.466 e. The van der Waals surface area contributed by atoms with Gasteiger partial charge >= 0.3 is 5.97 Å². The van der Waals surface area contributed by atoms with Crippen molar-refractivity contribution in [1.82, 2.24) is 4.98 Å². The fourth-order valence-corrected chi connectivity index (χ4v) is 1.22. The molecule has 0 amide bonds. The first-order valence-corrected chi connectivity index (χ1v) is 5.17. The van der Waals surface area contributed by atoms with Gasteiger partial charge < -0.3 is 4.74 Å². The number of carbonyl (C=O) groups excluding carboxylic acids is 1. The fourth-order valence-electron chi connectivity index (χ4n) is 1.22. The summed E-state index contributed by atoms with van der Waals surface area (Å²) in [4.78, 5) is 14.0. The van der Waals surface area contributed by atoms with Crippen molar-refractivity contribution < 1.29 is 9.53 Å². The second kappa shape index (κ2) is 6.56. The van der Waals surface area contributed by atoms with Crippen LogP contribution < -0.4 is 0 Å². The summed E-state index contributed by atoms with van der Waals surface area (Å²) in [7, 11) is 0. The third-order valence-corrected chi connectivity index (χ3v) is 1.86. The third kappa shape index (κ3) is 4.09. The highest BCUT2D eigenvalue weighted by molar-refractivity contribution is 5.77. The molecule has 16 heavy (non-hydrogen) atoms. The molecule has 3 heteroatoms. The number of ether oxygens (including phenoxy) is 1. The average molecular weight is 217 g/mol. The van der Waals surface area contributed by atoms with Crippen LogP contribution in [0.25, 0.3) is 10.9 Å². The molecular formula is C13H15NO2. The molecule has 1 aromatic heterocycles. The maximum atomic E-state index is 9.82. The molecular weight excluding hydrogens is 202 g/mol. The van der Waals surface area contributed by atoms with Crippen LogP contribution in [0.3, 0.4) is 0 Å². The quantitative estimate of drug-likeness (QED) is 0.689. The average Bonchev–Trinajstić information content (AvgIpc) is 2.30. The number of hydrogen-bond donors (Lipinski definition) is 0. The highest BCUT2D eigenvalue weighted by atomic mass is 16.5. The molecule has 0 radical (unpaired) electrons. The predicted octanol–water partition coefficient (Wildman–Crippen LogP) is 2.80. The van der Waals surface area contributed by atoms with Crippen LogP contribution in [0.1, 0.15) is 13.8 Å². The molecule has 3 nitrogen and oxygen atoms in total. The van der Waals surface area contributed by atoms with Gasteiger partial charge in [0.15, 0.2) is 0 Å². The van der Waals surface area contributed by atoms with Crippen molar-refractivity contribution in [3.8, 4) is 0 Å². The highest BCUT2D eigenvalue weighted by Gasteiger charge is 1.86. The normalized spacial score (nSPS) is 9.12. The van der Waals surface area contributed by atoms with Crippen molar-refractivity contribution in [2.24, 2.45) is 0 Å². The Morgan fingerprint density at radius 3 is 2.50 bits per heavy atom. The summed E-state index contributed by atoms with van der Waals surface area (Å²) in [5, 5.41) is 1.20. The van der Waals surface area contributed by atoms with Crippen LogP contribution in [0, 0.1) is 0 Å². The zero-order valence-electron chi connectivity index (χ0n) is 9.51. The maximum absolute atomic E-state index is 9.82. The Morgan fingerprint density at radius 2 is 1.94 bits per heavy atom. The molecule has 1 aromatic carbocycles. The van der Waals surface area contributed by atoms with Crippen molar-refractivity contribution in [3.05, 3.63) is 42.6 Å². The van der Waals surface area contributed by atoms with Crippen molar-refractivity contribution in [2.75, 3.05) is 6.61 Å². The molecule has 0 N–H and O–H groups in total. The van der Waals surface area contributed by atoms with Gasteiger partial charge in [0.1, 0.15) is 0 Å². The van der Waals surface area contributed by atoms with E-state index in [0.29, 0.717) is 6.61 Å². The standard InChI is InChI=1S/C9H7N.C4H8O2/c1-2-6-9-8(4-1)5-3-7-10-9;1-3-6-4(2)5/h1-7H;3H2,1-2H3. The lowest BCUT2D eigenvalue weighted by molar-refractivity contribution is -0.140. The van der Waals surface area contributed by atoms with Gasteiger partial charge in [-0.1, -0.05) is 24.3 Å². The van der Waals surface area contributed by atoms with Crippen molar-refractivity contribution in [3.63, 3.8) is 0 Å². The van der Waals surface area contributed by atoms with E-state index in [1.54, 1.807) is 6.92 Å². The Kier molecular flexibility index (Phi) is 4.99. The molecule has 2 rings (SSSR count). The molecule has 0 fully saturated rings. The zero-order chi connectivity index (χ0) is 11.8. The van der Waals surface area contributed by atoms with Crippen molar-refractivity contribution in [2.45, 2.75) is 13.8 Å². The number of rotatable bonds is 1. The summed E-state index contributed by atoms with van der Waals surface area (Å²) in [5.74, 6) is -0.211. The van der Waals surface area contributed by atoms with Gasteiger partial charge in [-0.3, -0.25) is 9.78 Å². The highest BCUT2D eigenvalue weighted by Crippen LogP contribution is 2.07. The van der Waals surface area contributed by atoms with Crippen LogP contribution in [-0.4, -0.2) is 17.6 Å². The van der Waals surface area contributed by atoms with Gasteiger partial charge in [0.25, 0.3) is 0 Å². The molecule has 2 aromatic rings. The summed E-state index contributed by atoms with van der Waals surface area (Å²) in [5.41, 5.74) is 1.06. The number of fused-ring (bicyclic) bond motifs is 1. The Labute approximate surface area is 95.1 Å². The van der Waals surface area contributed by atoms with E-state index in [-0.39, 0.29) is 5.97 Å². The topological polar surface area (TPSA) is 39.2 Å². The van der Waals surface area contributed by atoms with Gasteiger partial charge in [-0.15, -0.1) is 0 Å². The van der Waals surface area contributed by atoms with Crippen LogP contribution in [-0.2, 0) is 9.53 Å². The Hall–Kier alpha value is -1.90. The van der Waals surface area contributed by atoms with E-state index in [0.717, 1.165) is 5.52 Å². The van der Waals surface area contributed by atoms with Gasteiger partial charge in [0, 0.05) is 18.5 Å². The van der Waals surface area contributed by atoms with E-state index in [4.69, 9.17) is 0 Å². The first kappa shape index (κ1) is 12.2. The lowest BCUT2D eigenvalue weighted by Gasteiger charge is -1.91. The number of aromatic nitrogens is 1. The molecule has 0 aliphatic rings. The fraction of sp³-hybridized carbons (Fsp3) is 0.231. The van der Waals surface area contributed by atoms with Gasteiger partial charge in [-0.2, -0.15) is 0 Å². The summed E-state index contributed by atoms with van der Waals surface area (Å²) >= 11 is 0. The van der Waals surface area contributed by atoms with Gasteiger partial charge in [-0.05, 0) is 19.1 Å². The number of esters is 1. The minimum absolute atomic E-state index is 0.211. The number of benzene rings is 1. The Morgan fingerprint density at radius 1 is 1.25 bits per heavy atom. The molecule has 84 valence electrons. The molecule has 0 spiro atoms. The molecule has 0 atom stereocenters. The molecule has 0 saturated heterocycles. The number of pyridine rings is 1. The first-order chi connectivity index (χ1) is 7.74. The number of para-hydroxylation sites is 1. The molecule has 0 aliphatic carbocycles. The lowest BCUT2D eigenvalue weighted by atomic mass is 10.2. The van der Waals surface area contributed by atoms with Gasteiger partial charge in [-0.25, -0.2) is 0 Å². The molecule has 0 saturated carbocycles. The van der Waals surface area contributed by atoms with Crippen LogP contribution in [0.2, 0.25) is 0 Å². The predicted molar refractivity (Wildman–Crippen MR) is 64.1 cm³/mol.